The van der Waals surface area contributed by atoms with E-state index in [1.165, 1.54) is 5.56 Å². The third-order valence-corrected chi connectivity index (χ3v) is 10.8. The van der Waals surface area contributed by atoms with E-state index in [0.717, 1.165) is 71.4 Å². The number of aromatic hydroxyl groups is 1. The van der Waals surface area contributed by atoms with E-state index in [1.54, 1.807) is 53.2 Å². The molecule has 1 N–H and O–H groups in total. The SMILES string of the molecule is Cc1ccc(OC(=O)N2Cc3cc(C(=O)N4Cc5ccccc5C[C@H]4C)c(-c4cc(C(=O)N(C)c5ccc(O)cc5)c5n4CCCC5)cc3C2)cc1. The molecular formula is C43H42N4O5. The average molecular weight is 695 g/mol. The molecule has 0 unspecified atom stereocenters. The monoisotopic (exact) mass is 694 g/mol. The number of ether oxygens (including phenoxy) is 1. The van der Waals surface area contributed by atoms with Crippen LogP contribution >= 0.6 is 0 Å². The van der Waals surface area contributed by atoms with E-state index in [4.69, 9.17) is 4.74 Å². The van der Waals surface area contributed by atoms with Gasteiger partial charge in [-0.2, -0.15) is 0 Å². The molecule has 3 aliphatic heterocycles. The molecule has 0 fully saturated rings. The quantitative estimate of drug-likeness (QED) is 0.202. The number of rotatable bonds is 5. The summed E-state index contributed by atoms with van der Waals surface area (Å²) >= 11 is 0. The fraction of sp³-hybridized carbons (Fsp3) is 0.279. The summed E-state index contributed by atoms with van der Waals surface area (Å²) in [5, 5.41) is 9.83. The maximum absolute atomic E-state index is 14.8. The maximum Gasteiger partial charge on any atom is 0.415 e. The standard InChI is InChI=1S/C43H42N4O5/c1-27-11-17-35(18-12-27)52-43(51)45-24-31-21-36(37(22-32(31)25-45)42(50)47-26-30-9-5-4-8-29(30)20-28(47)2)40-23-38(39-10-6-7-19-46(39)40)41(49)44(3)33-13-15-34(48)16-14-33/h4-5,8-9,11-18,21-23,28,48H,6-7,10,19-20,24-26H2,1-3H3/t28-/m1/s1. The van der Waals surface area contributed by atoms with E-state index in [9.17, 15) is 19.5 Å². The second-order valence-electron chi connectivity index (χ2n) is 14.3. The van der Waals surface area contributed by atoms with Crippen LogP contribution < -0.4 is 9.64 Å². The van der Waals surface area contributed by atoms with Crippen molar-refractivity contribution in [3.05, 3.63) is 136 Å². The fourth-order valence-electron chi connectivity index (χ4n) is 7.90. The first kappa shape index (κ1) is 33.3. The van der Waals surface area contributed by atoms with Crippen LogP contribution in [-0.2, 0) is 39.0 Å². The molecule has 0 saturated carbocycles. The molecule has 52 heavy (non-hydrogen) atoms. The molecule has 0 radical (unpaired) electrons. The average Bonchev–Trinajstić information content (AvgIpc) is 3.76. The van der Waals surface area contributed by atoms with Crippen LogP contribution in [0.3, 0.4) is 0 Å². The largest absolute Gasteiger partial charge is 0.508 e. The Hall–Kier alpha value is -5.83. The number of amides is 3. The molecule has 9 nitrogen and oxygen atoms in total. The van der Waals surface area contributed by atoms with Gasteiger partial charge in [-0.25, -0.2) is 4.79 Å². The van der Waals surface area contributed by atoms with Gasteiger partial charge >= 0.3 is 6.09 Å². The molecule has 3 amide bonds. The fourth-order valence-corrected chi connectivity index (χ4v) is 7.90. The molecule has 0 aliphatic carbocycles. The normalized spacial score (nSPS) is 16.2. The van der Waals surface area contributed by atoms with Crippen LogP contribution in [0.15, 0.2) is 91.0 Å². The number of phenols is 1. The van der Waals surface area contributed by atoms with Crippen molar-refractivity contribution in [1.29, 1.82) is 0 Å². The Morgan fingerprint density at radius 1 is 0.808 bits per heavy atom. The highest BCUT2D eigenvalue weighted by Gasteiger charge is 2.34. The Morgan fingerprint density at radius 2 is 1.52 bits per heavy atom. The van der Waals surface area contributed by atoms with Crippen molar-refractivity contribution in [2.45, 2.75) is 71.8 Å². The lowest BCUT2D eigenvalue weighted by atomic mass is 9.92. The predicted molar refractivity (Wildman–Crippen MR) is 200 cm³/mol. The number of benzene rings is 4. The van der Waals surface area contributed by atoms with E-state index in [-0.39, 0.29) is 23.6 Å². The topological polar surface area (TPSA) is 95.3 Å². The van der Waals surface area contributed by atoms with E-state index in [2.05, 4.69) is 29.7 Å². The van der Waals surface area contributed by atoms with Gasteiger partial charge in [-0.15, -0.1) is 0 Å². The number of carbonyl (C=O) groups excluding carboxylic acids is 3. The van der Waals surface area contributed by atoms with Crippen LogP contribution in [0.4, 0.5) is 10.5 Å². The highest BCUT2D eigenvalue weighted by Crippen LogP contribution is 2.39. The van der Waals surface area contributed by atoms with Gasteiger partial charge in [0.25, 0.3) is 11.8 Å². The van der Waals surface area contributed by atoms with Crippen molar-refractivity contribution in [2.75, 3.05) is 11.9 Å². The molecule has 0 bridgehead atoms. The van der Waals surface area contributed by atoms with Crippen LogP contribution in [-0.4, -0.2) is 50.5 Å². The number of anilines is 1. The minimum Gasteiger partial charge on any atom is -0.508 e. The number of carbonyl (C=O) groups is 3. The smallest absolute Gasteiger partial charge is 0.415 e. The van der Waals surface area contributed by atoms with Crippen LogP contribution in [0.2, 0.25) is 0 Å². The molecule has 4 aromatic carbocycles. The first-order valence-corrected chi connectivity index (χ1v) is 18.0. The first-order valence-electron chi connectivity index (χ1n) is 18.0. The van der Waals surface area contributed by atoms with Crippen LogP contribution in [0.1, 0.15) is 74.0 Å². The highest BCUT2D eigenvalue weighted by molar-refractivity contribution is 6.08. The third-order valence-electron chi connectivity index (χ3n) is 10.8. The van der Waals surface area contributed by atoms with E-state index in [0.29, 0.717) is 42.2 Å². The Labute approximate surface area is 303 Å². The summed E-state index contributed by atoms with van der Waals surface area (Å²) in [5.74, 6) is 0.399. The van der Waals surface area contributed by atoms with Gasteiger partial charge in [0.1, 0.15) is 11.5 Å². The molecule has 3 aliphatic rings. The van der Waals surface area contributed by atoms with Gasteiger partial charge in [0, 0.05) is 67.5 Å². The number of fused-ring (bicyclic) bond motifs is 3. The molecule has 1 aromatic heterocycles. The number of nitrogens with zero attached hydrogens (tertiary/aromatic N) is 4. The summed E-state index contributed by atoms with van der Waals surface area (Å²) in [6, 6.07) is 28.2. The maximum atomic E-state index is 14.8. The van der Waals surface area contributed by atoms with Gasteiger partial charge in [0.2, 0.25) is 0 Å². The molecular weight excluding hydrogens is 652 g/mol. The van der Waals surface area contributed by atoms with Crippen molar-refractivity contribution in [3.8, 4) is 22.8 Å². The number of aromatic nitrogens is 1. The van der Waals surface area contributed by atoms with Gasteiger partial charge < -0.3 is 24.2 Å². The zero-order valence-corrected chi connectivity index (χ0v) is 29.8. The van der Waals surface area contributed by atoms with Crippen molar-refractivity contribution in [1.82, 2.24) is 14.4 Å². The first-order chi connectivity index (χ1) is 25.1. The zero-order valence-electron chi connectivity index (χ0n) is 29.8. The van der Waals surface area contributed by atoms with Gasteiger partial charge in [-0.3, -0.25) is 14.5 Å². The Kier molecular flexibility index (Phi) is 8.57. The second kappa shape index (κ2) is 13.4. The Morgan fingerprint density at radius 3 is 2.27 bits per heavy atom. The summed E-state index contributed by atoms with van der Waals surface area (Å²) in [6.07, 6.45) is 3.00. The number of phenolic OH excluding ortho intramolecular Hbond substituents is 1. The van der Waals surface area contributed by atoms with E-state index >= 15 is 0 Å². The van der Waals surface area contributed by atoms with Crippen LogP contribution in [0.25, 0.3) is 11.3 Å². The molecule has 1 atom stereocenters. The van der Waals surface area contributed by atoms with Gasteiger partial charge in [-0.1, -0.05) is 42.0 Å². The summed E-state index contributed by atoms with van der Waals surface area (Å²) < 4.78 is 7.96. The van der Waals surface area contributed by atoms with Crippen LogP contribution in [0, 0.1) is 6.92 Å². The molecule has 264 valence electrons. The summed E-state index contributed by atoms with van der Waals surface area (Å²) in [6.45, 7) is 5.99. The lowest BCUT2D eigenvalue weighted by Crippen LogP contribution is -2.42. The molecule has 5 aromatic rings. The van der Waals surface area contributed by atoms with Gasteiger partial charge in [0.15, 0.2) is 0 Å². The molecule has 0 saturated heterocycles. The molecule has 4 heterocycles. The highest BCUT2D eigenvalue weighted by atomic mass is 16.6. The van der Waals surface area contributed by atoms with Gasteiger partial charge in [0.05, 0.1) is 5.56 Å². The third kappa shape index (κ3) is 6.10. The molecule has 8 rings (SSSR count). The minimum atomic E-state index is -0.444. The lowest BCUT2D eigenvalue weighted by molar-refractivity contribution is 0.0658. The van der Waals surface area contributed by atoms with E-state index < -0.39 is 6.09 Å². The minimum absolute atomic E-state index is 0.0122. The number of hydrogen-bond donors (Lipinski definition) is 1. The van der Waals surface area contributed by atoms with E-state index in [1.807, 2.05) is 48.2 Å². The summed E-state index contributed by atoms with van der Waals surface area (Å²) in [7, 11) is 1.74. The summed E-state index contributed by atoms with van der Waals surface area (Å²) in [4.78, 5) is 47.6. The lowest BCUT2D eigenvalue weighted by Gasteiger charge is -2.35. The summed E-state index contributed by atoms with van der Waals surface area (Å²) in [5.41, 5.74) is 9.73. The van der Waals surface area contributed by atoms with Crippen molar-refractivity contribution < 1.29 is 24.2 Å². The second-order valence-corrected chi connectivity index (χ2v) is 14.3. The van der Waals surface area contributed by atoms with Crippen LogP contribution in [0.5, 0.6) is 11.5 Å². The number of aryl methyl sites for hydroxylation is 1. The van der Waals surface area contributed by atoms with Crippen molar-refractivity contribution in [3.63, 3.8) is 0 Å². The Balaban J connectivity index is 1.20. The van der Waals surface area contributed by atoms with Crippen molar-refractivity contribution in [2.24, 2.45) is 0 Å². The van der Waals surface area contributed by atoms with Gasteiger partial charge in [-0.05, 0) is 116 Å². The number of hydrogen-bond acceptors (Lipinski definition) is 5. The molecule has 9 heteroatoms. The Bertz CT molecular complexity index is 2200. The zero-order chi connectivity index (χ0) is 36.1. The van der Waals surface area contributed by atoms with Crippen molar-refractivity contribution >= 4 is 23.6 Å². The predicted octanol–water partition coefficient (Wildman–Crippen LogP) is 7.88. The molecule has 0 spiro atoms.